The van der Waals surface area contributed by atoms with E-state index in [9.17, 15) is 0 Å². The summed E-state index contributed by atoms with van der Waals surface area (Å²) in [5.41, 5.74) is 2.59. The lowest BCUT2D eigenvalue weighted by Crippen LogP contribution is -2.24. The average molecular weight is 262 g/mol. The second-order valence-corrected chi connectivity index (χ2v) is 4.56. The third-order valence-corrected chi connectivity index (χ3v) is 2.90. The van der Waals surface area contributed by atoms with E-state index in [0.29, 0.717) is 6.04 Å². The molecule has 2 rings (SSSR count). The molecule has 106 valence electrons. The van der Waals surface area contributed by atoms with Crippen LogP contribution in [0.2, 0.25) is 0 Å². The molecule has 2 heterocycles. The maximum atomic E-state index is 5.26. The number of fused-ring (bicyclic) bond motifs is 1. The summed E-state index contributed by atoms with van der Waals surface area (Å²) in [4.78, 5) is 0. The van der Waals surface area contributed by atoms with Crippen LogP contribution in [0.25, 0.3) is 5.52 Å². The fraction of sp³-hybridized carbons (Fsp3) is 0.500. The van der Waals surface area contributed by atoms with Gasteiger partial charge in [0.1, 0.15) is 5.75 Å². The predicted octanol–water partition coefficient (Wildman–Crippen LogP) is 3.51. The summed E-state index contributed by atoms with van der Waals surface area (Å²) in [5, 5.41) is 3.44. The minimum absolute atomic E-state index is 0.540. The lowest BCUT2D eigenvalue weighted by molar-refractivity contribution is 0.414. The fourth-order valence-electron chi connectivity index (χ4n) is 1.97. The van der Waals surface area contributed by atoms with Crippen molar-refractivity contribution in [3.63, 3.8) is 0 Å². The normalized spacial score (nSPS) is 10.4. The number of aromatic nitrogens is 1. The highest BCUT2D eigenvalue weighted by molar-refractivity contribution is 5.58. The van der Waals surface area contributed by atoms with E-state index in [0.717, 1.165) is 18.7 Å². The van der Waals surface area contributed by atoms with Crippen LogP contribution in [0.5, 0.6) is 5.75 Å². The van der Waals surface area contributed by atoms with Crippen LogP contribution in [0, 0.1) is 0 Å². The summed E-state index contributed by atoms with van der Waals surface area (Å²) in [6.07, 6.45) is 5.18. The molecular formula is C16H26N2O. The molecule has 0 saturated heterocycles. The molecule has 0 aromatic carbocycles. The van der Waals surface area contributed by atoms with Crippen molar-refractivity contribution < 1.29 is 4.74 Å². The maximum Gasteiger partial charge on any atom is 0.122 e. The molecule has 0 fully saturated rings. The van der Waals surface area contributed by atoms with Gasteiger partial charge in [0, 0.05) is 24.5 Å². The molecule has 0 radical (unpaired) electrons. The molecule has 0 amide bonds. The molecule has 2 aromatic heterocycles. The van der Waals surface area contributed by atoms with E-state index in [1.165, 1.54) is 11.1 Å². The molecule has 0 spiro atoms. The first-order chi connectivity index (χ1) is 9.20. The largest absolute Gasteiger partial charge is 0.497 e. The first kappa shape index (κ1) is 15.6. The molecule has 0 aliphatic carbocycles. The molecule has 0 aliphatic rings. The second kappa shape index (κ2) is 7.85. The van der Waals surface area contributed by atoms with Gasteiger partial charge in [0.15, 0.2) is 0 Å². The van der Waals surface area contributed by atoms with E-state index in [4.69, 9.17) is 4.74 Å². The Hall–Kier alpha value is -1.48. The Balaban J connectivity index is 0.000000861. The molecule has 19 heavy (non-hydrogen) atoms. The first-order valence-electron chi connectivity index (χ1n) is 7.07. The number of rotatable bonds is 5. The van der Waals surface area contributed by atoms with Crippen molar-refractivity contribution in [1.82, 2.24) is 9.72 Å². The number of hydrogen-bond donors (Lipinski definition) is 1. The summed E-state index contributed by atoms with van der Waals surface area (Å²) in [5.74, 6) is 0.911. The number of nitrogens with one attached hydrogen (secondary N) is 1. The van der Waals surface area contributed by atoms with Gasteiger partial charge in [0.2, 0.25) is 0 Å². The Morgan fingerprint density at radius 2 is 1.89 bits per heavy atom. The van der Waals surface area contributed by atoms with Gasteiger partial charge >= 0.3 is 0 Å². The first-order valence-corrected chi connectivity index (χ1v) is 7.07. The lowest BCUT2D eigenvalue weighted by atomic mass is 10.2. The third kappa shape index (κ3) is 4.28. The van der Waals surface area contributed by atoms with Crippen LogP contribution in [0.4, 0.5) is 0 Å². The highest BCUT2D eigenvalue weighted by Crippen LogP contribution is 2.19. The van der Waals surface area contributed by atoms with E-state index >= 15 is 0 Å². The van der Waals surface area contributed by atoms with Crippen LogP contribution < -0.4 is 10.1 Å². The van der Waals surface area contributed by atoms with Crippen LogP contribution >= 0.6 is 0 Å². The standard InChI is InChI=1S/C14H20N2O.C2H6/c1-11(2)15-7-4-12-5-8-16-9-6-13(17-3)10-14(12)16;1-2/h5-6,8-11,15H,4,7H2,1-3H3;1-2H3. The van der Waals surface area contributed by atoms with E-state index in [-0.39, 0.29) is 0 Å². The molecule has 3 nitrogen and oxygen atoms in total. The zero-order chi connectivity index (χ0) is 14.3. The van der Waals surface area contributed by atoms with E-state index < -0.39 is 0 Å². The van der Waals surface area contributed by atoms with Gasteiger partial charge in [0.25, 0.3) is 0 Å². The van der Waals surface area contributed by atoms with Crippen molar-refractivity contribution in [3.8, 4) is 5.75 Å². The van der Waals surface area contributed by atoms with Gasteiger partial charge in [0.05, 0.1) is 12.6 Å². The Labute approximate surface area is 116 Å². The maximum absolute atomic E-state index is 5.26. The SMILES string of the molecule is CC.COc1ccn2ccc(CCNC(C)C)c2c1. The molecule has 0 aliphatic heterocycles. The monoisotopic (exact) mass is 262 g/mol. The molecule has 0 atom stereocenters. The molecule has 3 heteroatoms. The van der Waals surface area contributed by atoms with Crippen LogP contribution in [0.1, 0.15) is 33.3 Å². The van der Waals surface area contributed by atoms with Gasteiger partial charge in [-0.15, -0.1) is 0 Å². The summed E-state index contributed by atoms with van der Waals surface area (Å²) in [6, 6.07) is 6.78. The quantitative estimate of drug-likeness (QED) is 0.892. The summed E-state index contributed by atoms with van der Waals surface area (Å²) in [7, 11) is 1.70. The Morgan fingerprint density at radius 1 is 1.21 bits per heavy atom. The molecule has 1 N–H and O–H groups in total. The lowest BCUT2D eigenvalue weighted by Gasteiger charge is -2.07. The minimum atomic E-state index is 0.540. The smallest absolute Gasteiger partial charge is 0.122 e. The van der Waals surface area contributed by atoms with Crippen LogP contribution in [0.15, 0.2) is 30.6 Å². The molecule has 0 bridgehead atoms. The Bertz CT molecular complexity index is 488. The van der Waals surface area contributed by atoms with Crippen LogP contribution in [-0.2, 0) is 6.42 Å². The van der Waals surface area contributed by atoms with Gasteiger partial charge in [-0.1, -0.05) is 27.7 Å². The van der Waals surface area contributed by atoms with Crippen molar-refractivity contribution >= 4 is 5.52 Å². The van der Waals surface area contributed by atoms with Gasteiger partial charge in [-0.3, -0.25) is 0 Å². The van der Waals surface area contributed by atoms with Crippen molar-refractivity contribution in [2.75, 3.05) is 13.7 Å². The number of methoxy groups -OCH3 is 1. The number of ether oxygens (including phenoxy) is 1. The van der Waals surface area contributed by atoms with Gasteiger partial charge in [-0.05, 0) is 30.7 Å². The number of hydrogen-bond acceptors (Lipinski definition) is 2. The summed E-state index contributed by atoms with van der Waals surface area (Å²) in [6.45, 7) is 9.34. The Morgan fingerprint density at radius 3 is 2.53 bits per heavy atom. The van der Waals surface area contributed by atoms with Crippen LogP contribution in [-0.4, -0.2) is 24.1 Å². The zero-order valence-electron chi connectivity index (χ0n) is 12.7. The molecule has 0 unspecified atom stereocenters. The van der Waals surface area contributed by atoms with Crippen molar-refractivity contribution in [3.05, 3.63) is 36.2 Å². The number of pyridine rings is 1. The third-order valence-electron chi connectivity index (χ3n) is 2.90. The molecule has 0 saturated carbocycles. The zero-order valence-corrected chi connectivity index (χ0v) is 12.7. The summed E-state index contributed by atoms with van der Waals surface area (Å²) < 4.78 is 7.39. The Kier molecular flexibility index (Phi) is 6.43. The average Bonchev–Trinajstić information content (AvgIpc) is 2.83. The molecular weight excluding hydrogens is 236 g/mol. The van der Waals surface area contributed by atoms with E-state index in [1.54, 1.807) is 7.11 Å². The van der Waals surface area contributed by atoms with Gasteiger partial charge in [-0.2, -0.15) is 0 Å². The highest BCUT2D eigenvalue weighted by Gasteiger charge is 2.04. The minimum Gasteiger partial charge on any atom is -0.497 e. The van der Waals surface area contributed by atoms with E-state index in [2.05, 4.69) is 41.9 Å². The van der Waals surface area contributed by atoms with Crippen molar-refractivity contribution in [1.29, 1.82) is 0 Å². The van der Waals surface area contributed by atoms with Gasteiger partial charge in [-0.25, -0.2) is 0 Å². The second-order valence-electron chi connectivity index (χ2n) is 4.56. The van der Waals surface area contributed by atoms with Gasteiger partial charge < -0.3 is 14.5 Å². The van der Waals surface area contributed by atoms with Crippen molar-refractivity contribution in [2.24, 2.45) is 0 Å². The number of nitrogens with zero attached hydrogens (tertiary/aromatic N) is 1. The van der Waals surface area contributed by atoms with Crippen molar-refractivity contribution in [2.45, 2.75) is 40.2 Å². The van der Waals surface area contributed by atoms with Crippen LogP contribution in [0.3, 0.4) is 0 Å². The van der Waals surface area contributed by atoms with E-state index in [1.807, 2.05) is 26.1 Å². The highest BCUT2D eigenvalue weighted by atomic mass is 16.5. The summed E-state index contributed by atoms with van der Waals surface area (Å²) >= 11 is 0. The predicted molar refractivity (Wildman–Crippen MR) is 82.1 cm³/mol. The fourth-order valence-corrected chi connectivity index (χ4v) is 1.97. The topological polar surface area (TPSA) is 25.7 Å². The molecule has 2 aromatic rings.